The van der Waals surface area contributed by atoms with Gasteiger partial charge in [-0.3, -0.25) is 4.79 Å². The van der Waals surface area contributed by atoms with Crippen molar-refractivity contribution in [3.05, 3.63) is 0 Å². The number of carboxylic acid groups (broad SMARTS) is 1. The maximum Gasteiger partial charge on any atom is 0.317 e. The zero-order chi connectivity index (χ0) is 15.7. The first-order valence-corrected chi connectivity index (χ1v) is 7.25. The molecular formula is C14H29N3O3. The number of carbonyl (C=O) groups is 2. The summed E-state index contributed by atoms with van der Waals surface area (Å²) in [5.41, 5.74) is 0. The van der Waals surface area contributed by atoms with Crippen molar-refractivity contribution in [2.75, 3.05) is 33.2 Å². The highest BCUT2D eigenvalue weighted by atomic mass is 16.4. The second kappa shape index (κ2) is 9.58. The third-order valence-electron chi connectivity index (χ3n) is 3.43. The zero-order valence-electron chi connectivity index (χ0n) is 13.3. The molecule has 1 unspecified atom stereocenters. The highest BCUT2D eigenvalue weighted by Crippen LogP contribution is 2.01. The highest BCUT2D eigenvalue weighted by molar-refractivity contribution is 5.75. The van der Waals surface area contributed by atoms with Gasteiger partial charge in [0.1, 0.15) is 0 Å². The van der Waals surface area contributed by atoms with Gasteiger partial charge in [0, 0.05) is 25.7 Å². The molecule has 0 heterocycles. The number of amides is 2. The Labute approximate surface area is 122 Å². The molecular weight excluding hydrogens is 258 g/mol. The molecule has 6 heteroatoms. The van der Waals surface area contributed by atoms with E-state index >= 15 is 0 Å². The number of rotatable bonds is 9. The Bertz CT molecular complexity index is 308. The van der Waals surface area contributed by atoms with E-state index in [0.29, 0.717) is 19.1 Å². The Morgan fingerprint density at radius 1 is 1.25 bits per heavy atom. The molecule has 6 nitrogen and oxygen atoms in total. The fourth-order valence-corrected chi connectivity index (χ4v) is 1.66. The average Bonchev–Trinajstić information content (AvgIpc) is 2.39. The van der Waals surface area contributed by atoms with Crippen LogP contribution in [-0.2, 0) is 4.79 Å². The SMILES string of the molecule is CCN(CC(C)C(=O)O)C(=O)NCCCN(C)C(C)C. The summed E-state index contributed by atoms with van der Waals surface area (Å²) in [5.74, 6) is -1.43. The topological polar surface area (TPSA) is 72.9 Å². The van der Waals surface area contributed by atoms with Crippen molar-refractivity contribution >= 4 is 12.0 Å². The van der Waals surface area contributed by atoms with Crippen LogP contribution in [0.4, 0.5) is 4.79 Å². The Balaban J connectivity index is 4.02. The molecule has 0 saturated heterocycles. The van der Waals surface area contributed by atoms with E-state index in [0.717, 1.165) is 13.0 Å². The van der Waals surface area contributed by atoms with E-state index < -0.39 is 11.9 Å². The lowest BCUT2D eigenvalue weighted by Crippen LogP contribution is -2.44. The van der Waals surface area contributed by atoms with Crippen molar-refractivity contribution < 1.29 is 14.7 Å². The van der Waals surface area contributed by atoms with Crippen molar-refractivity contribution in [2.24, 2.45) is 5.92 Å². The molecule has 0 aromatic rings. The number of hydrogen-bond acceptors (Lipinski definition) is 3. The van der Waals surface area contributed by atoms with Crippen molar-refractivity contribution in [3.8, 4) is 0 Å². The molecule has 0 fully saturated rings. The summed E-state index contributed by atoms with van der Waals surface area (Å²) in [6.45, 7) is 9.99. The van der Waals surface area contributed by atoms with Gasteiger partial charge < -0.3 is 20.2 Å². The van der Waals surface area contributed by atoms with Crippen LogP contribution < -0.4 is 5.32 Å². The van der Waals surface area contributed by atoms with Crippen LogP contribution >= 0.6 is 0 Å². The summed E-state index contributed by atoms with van der Waals surface area (Å²) >= 11 is 0. The molecule has 2 N–H and O–H groups in total. The number of carboxylic acids is 1. The minimum Gasteiger partial charge on any atom is -0.481 e. The second-order valence-corrected chi connectivity index (χ2v) is 5.44. The van der Waals surface area contributed by atoms with Crippen LogP contribution in [0, 0.1) is 5.92 Å². The van der Waals surface area contributed by atoms with Crippen molar-refractivity contribution in [1.29, 1.82) is 0 Å². The summed E-state index contributed by atoms with van der Waals surface area (Å²) in [7, 11) is 2.05. The number of carbonyl (C=O) groups excluding carboxylic acids is 1. The van der Waals surface area contributed by atoms with Crippen molar-refractivity contribution in [3.63, 3.8) is 0 Å². The van der Waals surface area contributed by atoms with Crippen LogP contribution in [-0.4, -0.2) is 66.2 Å². The van der Waals surface area contributed by atoms with E-state index in [1.54, 1.807) is 6.92 Å². The molecule has 20 heavy (non-hydrogen) atoms. The van der Waals surface area contributed by atoms with Crippen LogP contribution in [0.15, 0.2) is 0 Å². The first-order chi connectivity index (χ1) is 9.29. The van der Waals surface area contributed by atoms with Crippen LogP contribution in [0.1, 0.15) is 34.1 Å². The van der Waals surface area contributed by atoms with Gasteiger partial charge >= 0.3 is 12.0 Å². The first-order valence-electron chi connectivity index (χ1n) is 7.25. The molecule has 0 aliphatic carbocycles. The highest BCUT2D eigenvalue weighted by Gasteiger charge is 2.18. The second-order valence-electron chi connectivity index (χ2n) is 5.44. The fraction of sp³-hybridized carbons (Fsp3) is 0.857. The number of nitrogens with zero attached hydrogens (tertiary/aromatic N) is 2. The summed E-state index contributed by atoms with van der Waals surface area (Å²) < 4.78 is 0. The van der Waals surface area contributed by atoms with Gasteiger partial charge in [0.05, 0.1) is 5.92 Å². The van der Waals surface area contributed by atoms with Gasteiger partial charge in [-0.15, -0.1) is 0 Å². The summed E-state index contributed by atoms with van der Waals surface area (Å²) in [4.78, 5) is 26.5. The third kappa shape index (κ3) is 7.33. The largest absolute Gasteiger partial charge is 0.481 e. The Morgan fingerprint density at radius 2 is 1.85 bits per heavy atom. The molecule has 0 spiro atoms. The van der Waals surface area contributed by atoms with E-state index in [-0.39, 0.29) is 12.6 Å². The van der Waals surface area contributed by atoms with Crippen molar-refractivity contribution in [2.45, 2.75) is 40.2 Å². The molecule has 0 aliphatic rings. The molecule has 0 rings (SSSR count). The third-order valence-corrected chi connectivity index (χ3v) is 3.43. The van der Waals surface area contributed by atoms with Crippen LogP contribution in [0.25, 0.3) is 0 Å². The van der Waals surface area contributed by atoms with Crippen molar-refractivity contribution in [1.82, 2.24) is 15.1 Å². The Kier molecular flexibility index (Phi) is 8.96. The smallest absolute Gasteiger partial charge is 0.317 e. The molecule has 0 saturated carbocycles. The van der Waals surface area contributed by atoms with Gasteiger partial charge in [-0.1, -0.05) is 6.92 Å². The molecule has 118 valence electrons. The van der Waals surface area contributed by atoms with Gasteiger partial charge in [0.15, 0.2) is 0 Å². The van der Waals surface area contributed by atoms with E-state index in [9.17, 15) is 9.59 Å². The predicted molar refractivity (Wildman–Crippen MR) is 79.8 cm³/mol. The Hall–Kier alpha value is -1.30. The molecule has 2 amide bonds. The minimum absolute atomic E-state index is 0.187. The molecule has 0 aromatic carbocycles. The quantitative estimate of drug-likeness (QED) is 0.630. The lowest BCUT2D eigenvalue weighted by Gasteiger charge is -2.24. The fourth-order valence-electron chi connectivity index (χ4n) is 1.66. The number of aliphatic carboxylic acids is 1. The number of nitrogens with one attached hydrogen (secondary N) is 1. The summed E-state index contributed by atoms with van der Waals surface area (Å²) in [6.07, 6.45) is 0.881. The van der Waals surface area contributed by atoms with E-state index in [1.165, 1.54) is 4.90 Å². The molecule has 0 bridgehead atoms. The summed E-state index contributed by atoms with van der Waals surface area (Å²) in [5, 5.41) is 11.7. The average molecular weight is 287 g/mol. The van der Waals surface area contributed by atoms with Crippen LogP contribution in [0.5, 0.6) is 0 Å². The normalized spacial score (nSPS) is 12.6. The first kappa shape index (κ1) is 18.7. The van der Waals surface area contributed by atoms with Gasteiger partial charge in [-0.2, -0.15) is 0 Å². The molecule has 0 radical (unpaired) electrons. The van der Waals surface area contributed by atoms with Gasteiger partial charge in [-0.25, -0.2) is 4.79 Å². The number of hydrogen-bond donors (Lipinski definition) is 2. The van der Waals surface area contributed by atoms with E-state index in [4.69, 9.17) is 5.11 Å². The molecule has 0 aliphatic heterocycles. The van der Waals surface area contributed by atoms with Gasteiger partial charge in [-0.05, 0) is 40.8 Å². The van der Waals surface area contributed by atoms with E-state index in [1.807, 2.05) is 6.92 Å². The monoisotopic (exact) mass is 287 g/mol. The number of urea groups is 1. The zero-order valence-corrected chi connectivity index (χ0v) is 13.3. The maximum absolute atomic E-state index is 11.9. The molecule has 1 atom stereocenters. The standard InChI is InChI=1S/C14H29N3O3/c1-6-17(10-12(4)13(18)19)14(20)15-8-7-9-16(5)11(2)3/h11-12H,6-10H2,1-5H3,(H,15,20)(H,18,19). The maximum atomic E-state index is 11.9. The van der Waals surface area contributed by atoms with Gasteiger partial charge in [0.25, 0.3) is 0 Å². The van der Waals surface area contributed by atoms with Crippen LogP contribution in [0.2, 0.25) is 0 Å². The van der Waals surface area contributed by atoms with Crippen LogP contribution in [0.3, 0.4) is 0 Å². The lowest BCUT2D eigenvalue weighted by atomic mass is 10.2. The van der Waals surface area contributed by atoms with Gasteiger partial charge in [0.2, 0.25) is 0 Å². The minimum atomic E-state index is -0.880. The predicted octanol–water partition coefficient (Wildman–Crippen LogP) is 1.47. The molecule has 0 aromatic heterocycles. The lowest BCUT2D eigenvalue weighted by molar-refractivity contribution is -0.141. The van der Waals surface area contributed by atoms with E-state index in [2.05, 4.69) is 31.1 Å². The Morgan fingerprint density at radius 3 is 2.30 bits per heavy atom. The summed E-state index contributed by atoms with van der Waals surface area (Å²) in [6, 6.07) is 0.307.